The minimum atomic E-state index is -3.38. The van der Waals surface area contributed by atoms with Crippen molar-refractivity contribution < 1.29 is 22.7 Å². The molecule has 94 valence electrons. The van der Waals surface area contributed by atoms with E-state index in [0.717, 1.165) is 0 Å². The van der Waals surface area contributed by atoms with Gasteiger partial charge in [0.05, 0.1) is 11.4 Å². The number of hydrogen-bond acceptors (Lipinski definition) is 5. The summed E-state index contributed by atoms with van der Waals surface area (Å²) in [5.74, 6) is -1.18. The Morgan fingerprint density at radius 3 is 2.44 bits per heavy atom. The van der Waals surface area contributed by atoms with Gasteiger partial charge in [-0.3, -0.25) is 4.79 Å². The molecule has 0 N–H and O–H groups in total. The van der Waals surface area contributed by atoms with Gasteiger partial charge < -0.3 is 9.47 Å². The molecule has 1 saturated heterocycles. The first-order valence-electron chi connectivity index (χ1n) is 5.40. The molecule has 1 aliphatic rings. The van der Waals surface area contributed by atoms with E-state index in [1.54, 1.807) is 13.8 Å². The summed E-state index contributed by atoms with van der Waals surface area (Å²) < 4.78 is 33.6. The Morgan fingerprint density at radius 2 is 1.94 bits per heavy atom. The quantitative estimate of drug-likeness (QED) is 0.681. The van der Waals surface area contributed by atoms with Crippen LogP contribution in [0.5, 0.6) is 0 Å². The van der Waals surface area contributed by atoms with Crippen LogP contribution in [0.3, 0.4) is 0 Å². The van der Waals surface area contributed by atoms with Crippen molar-refractivity contribution in [1.82, 2.24) is 0 Å². The van der Waals surface area contributed by atoms with Gasteiger partial charge >= 0.3 is 5.97 Å². The molecular weight excluding hydrogens is 232 g/mol. The molecule has 5 nitrogen and oxygen atoms in total. The molecule has 0 radical (unpaired) electrons. The van der Waals surface area contributed by atoms with Gasteiger partial charge in [0.25, 0.3) is 0 Å². The zero-order valence-corrected chi connectivity index (χ0v) is 10.5. The van der Waals surface area contributed by atoms with E-state index in [1.165, 1.54) is 0 Å². The van der Waals surface area contributed by atoms with Crippen molar-refractivity contribution in [3.8, 4) is 0 Å². The molecule has 0 aliphatic carbocycles. The number of rotatable bonds is 4. The second-order valence-electron chi connectivity index (χ2n) is 4.16. The van der Waals surface area contributed by atoms with Gasteiger partial charge in [-0.15, -0.1) is 0 Å². The zero-order valence-electron chi connectivity index (χ0n) is 9.64. The molecule has 1 heterocycles. The molecule has 0 aromatic carbocycles. The largest absolute Gasteiger partial charge is 0.462 e. The number of esters is 1. The summed E-state index contributed by atoms with van der Waals surface area (Å²) in [6.07, 6.45) is 0.659. The smallest absolute Gasteiger partial charge is 0.321 e. The Kier molecular flexibility index (Phi) is 4.73. The molecule has 0 aromatic heterocycles. The van der Waals surface area contributed by atoms with Crippen LogP contribution in [0.2, 0.25) is 0 Å². The van der Waals surface area contributed by atoms with Gasteiger partial charge in [-0.1, -0.05) is 0 Å². The molecule has 16 heavy (non-hydrogen) atoms. The Bertz CT molecular complexity index is 327. The zero-order chi connectivity index (χ0) is 12.2. The second-order valence-corrected chi connectivity index (χ2v) is 6.44. The van der Waals surface area contributed by atoms with Gasteiger partial charge in [-0.05, 0) is 26.7 Å². The fourth-order valence-electron chi connectivity index (χ4n) is 1.61. The third-order valence-corrected chi connectivity index (χ3v) is 4.49. The van der Waals surface area contributed by atoms with Crippen LogP contribution in [0.25, 0.3) is 0 Å². The molecule has 0 spiro atoms. The van der Waals surface area contributed by atoms with Gasteiger partial charge in [-0.2, -0.15) is 0 Å². The van der Waals surface area contributed by atoms with Crippen LogP contribution in [-0.4, -0.2) is 44.7 Å². The molecular formula is C10H18O5S. The van der Waals surface area contributed by atoms with Crippen molar-refractivity contribution in [2.75, 3.05) is 19.0 Å². The van der Waals surface area contributed by atoms with Gasteiger partial charge in [0.15, 0.2) is 9.84 Å². The highest BCUT2D eigenvalue weighted by molar-refractivity contribution is 7.92. The van der Waals surface area contributed by atoms with Gasteiger partial charge in [0.2, 0.25) is 0 Å². The maximum atomic E-state index is 11.8. The Balaban J connectivity index is 2.53. The molecule has 0 unspecified atom stereocenters. The van der Waals surface area contributed by atoms with Gasteiger partial charge in [0, 0.05) is 13.2 Å². The summed E-state index contributed by atoms with van der Waals surface area (Å²) in [7, 11) is -3.38. The van der Waals surface area contributed by atoms with Crippen LogP contribution in [0.15, 0.2) is 0 Å². The van der Waals surface area contributed by atoms with E-state index in [-0.39, 0.29) is 6.10 Å². The molecule has 0 bridgehead atoms. The molecule has 1 fully saturated rings. The van der Waals surface area contributed by atoms with E-state index in [9.17, 15) is 13.2 Å². The fraction of sp³-hybridized carbons (Fsp3) is 0.900. The monoisotopic (exact) mass is 250 g/mol. The van der Waals surface area contributed by atoms with E-state index < -0.39 is 26.8 Å². The third kappa shape index (κ3) is 4.09. The van der Waals surface area contributed by atoms with E-state index >= 15 is 0 Å². The second kappa shape index (κ2) is 5.63. The number of sulfone groups is 1. The highest BCUT2D eigenvalue weighted by atomic mass is 32.2. The lowest BCUT2D eigenvalue weighted by Gasteiger charge is -2.21. The van der Waals surface area contributed by atoms with Crippen molar-refractivity contribution in [2.45, 2.75) is 38.0 Å². The first-order valence-corrected chi connectivity index (χ1v) is 7.12. The summed E-state index contributed by atoms with van der Waals surface area (Å²) in [6, 6.07) is 0. The van der Waals surface area contributed by atoms with Crippen LogP contribution < -0.4 is 0 Å². The number of ether oxygens (including phenoxy) is 2. The summed E-state index contributed by atoms with van der Waals surface area (Å²) >= 11 is 0. The fourth-order valence-corrected chi connectivity index (χ4v) is 3.16. The van der Waals surface area contributed by atoms with Crippen LogP contribution in [-0.2, 0) is 24.1 Å². The molecule has 6 heteroatoms. The lowest BCUT2D eigenvalue weighted by atomic mass is 10.2. The Morgan fingerprint density at radius 1 is 1.38 bits per heavy atom. The summed E-state index contributed by atoms with van der Waals surface area (Å²) in [4.78, 5) is 11.3. The predicted molar refractivity (Wildman–Crippen MR) is 58.9 cm³/mol. The summed E-state index contributed by atoms with van der Waals surface area (Å²) in [6.45, 7) is 4.28. The number of hydrogen-bond donors (Lipinski definition) is 0. The topological polar surface area (TPSA) is 69.7 Å². The lowest BCUT2D eigenvalue weighted by Crippen LogP contribution is -2.34. The molecule has 1 aliphatic heterocycles. The van der Waals surface area contributed by atoms with E-state index in [4.69, 9.17) is 9.47 Å². The summed E-state index contributed by atoms with van der Waals surface area (Å²) in [5.41, 5.74) is 0. The van der Waals surface area contributed by atoms with Crippen LogP contribution in [0.4, 0.5) is 0 Å². The minimum absolute atomic E-state index is 0.280. The average molecular weight is 250 g/mol. The highest BCUT2D eigenvalue weighted by Crippen LogP contribution is 2.16. The van der Waals surface area contributed by atoms with Crippen molar-refractivity contribution in [3.05, 3.63) is 0 Å². The lowest BCUT2D eigenvalue weighted by molar-refractivity contribution is -0.144. The van der Waals surface area contributed by atoms with Crippen LogP contribution in [0, 0.1) is 0 Å². The van der Waals surface area contributed by atoms with E-state index in [0.29, 0.717) is 26.1 Å². The van der Waals surface area contributed by atoms with Crippen molar-refractivity contribution in [2.24, 2.45) is 0 Å². The van der Waals surface area contributed by atoms with Gasteiger partial charge in [-0.25, -0.2) is 8.42 Å². The van der Waals surface area contributed by atoms with Gasteiger partial charge in [0.1, 0.15) is 5.75 Å². The van der Waals surface area contributed by atoms with Crippen molar-refractivity contribution in [3.63, 3.8) is 0 Å². The SMILES string of the molecule is CC(C)OC(=O)CS(=O)(=O)C1CCOCC1. The molecule has 0 saturated carbocycles. The highest BCUT2D eigenvalue weighted by Gasteiger charge is 2.30. The standard InChI is InChI=1S/C10H18O5S/c1-8(2)15-10(11)7-16(12,13)9-3-5-14-6-4-9/h8-9H,3-7H2,1-2H3. The molecule has 0 aromatic rings. The summed E-state index contributed by atoms with van der Waals surface area (Å²) in [5, 5.41) is -0.457. The Hall–Kier alpha value is -0.620. The molecule has 0 atom stereocenters. The maximum absolute atomic E-state index is 11.8. The van der Waals surface area contributed by atoms with Crippen molar-refractivity contribution >= 4 is 15.8 Å². The predicted octanol–water partition coefficient (Wildman–Crippen LogP) is 0.532. The van der Waals surface area contributed by atoms with Crippen molar-refractivity contribution in [1.29, 1.82) is 0 Å². The minimum Gasteiger partial charge on any atom is -0.462 e. The number of carbonyl (C=O) groups excluding carboxylic acids is 1. The first kappa shape index (κ1) is 13.4. The van der Waals surface area contributed by atoms with Crippen LogP contribution >= 0.6 is 0 Å². The third-order valence-electron chi connectivity index (χ3n) is 2.36. The maximum Gasteiger partial charge on any atom is 0.321 e. The van der Waals surface area contributed by atoms with Crippen LogP contribution in [0.1, 0.15) is 26.7 Å². The first-order chi connectivity index (χ1) is 7.42. The van der Waals surface area contributed by atoms with E-state index in [1.807, 2.05) is 0 Å². The normalized spacial score (nSPS) is 18.7. The molecule has 0 amide bonds. The molecule has 1 rings (SSSR count). The number of carbonyl (C=O) groups is 1. The average Bonchev–Trinajstić information content (AvgIpc) is 2.16. The Labute approximate surface area is 96.0 Å². The van der Waals surface area contributed by atoms with E-state index in [2.05, 4.69) is 0 Å².